The lowest BCUT2D eigenvalue weighted by molar-refractivity contribution is -0.116. The molecule has 1 aromatic carbocycles. The van der Waals surface area contributed by atoms with Crippen LogP contribution in [-0.2, 0) is 11.3 Å². The van der Waals surface area contributed by atoms with Gasteiger partial charge in [0.25, 0.3) is 0 Å². The van der Waals surface area contributed by atoms with E-state index in [1.165, 1.54) is 5.56 Å². The van der Waals surface area contributed by atoms with Gasteiger partial charge in [-0.15, -0.1) is 0 Å². The molecular formula is C13H21NO. The predicted octanol–water partition coefficient (Wildman–Crippen LogP) is 2.73. The number of Topliss-reactive ketones (excluding diaryl/α,β-unsaturated/α-hetero) is 1. The third-order valence-corrected chi connectivity index (χ3v) is 1.84. The fourth-order valence-corrected chi connectivity index (χ4v) is 0.949. The van der Waals surface area contributed by atoms with E-state index in [1.54, 1.807) is 6.92 Å². The summed E-state index contributed by atoms with van der Waals surface area (Å²) in [7, 11) is 4.15. The van der Waals surface area contributed by atoms with Gasteiger partial charge < -0.3 is 9.69 Å². The fraction of sp³-hybridized carbons (Fsp3) is 0.462. The monoisotopic (exact) mass is 207 g/mol. The average Bonchev–Trinajstić information content (AvgIpc) is 2.19. The van der Waals surface area contributed by atoms with Crippen molar-refractivity contribution < 1.29 is 4.79 Å². The molecule has 0 radical (unpaired) electrons. The number of ketones is 1. The van der Waals surface area contributed by atoms with E-state index in [9.17, 15) is 4.79 Å². The maximum Gasteiger partial charge on any atom is 0.129 e. The molecule has 0 aromatic heterocycles. The van der Waals surface area contributed by atoms with Crippen LogP contribution in [0.1, 0.15) is 25.8 Å². The van der Waals surface area contributed by atoms with Gasteiger partial charge in [0.15, 0.2) is 0 Å². The molecule has 0 bridgehead atoms. The normalized spacial score (nSPS) is 9.40. The van der Waals surface area contributed by atoms with Crippen molar-refractivity contribution in [2.24, 2.45) is 0 Å². The van der Waals surface area contributed by atoms with Crippen molar-refractivity contribution >= 4 is 5.78 Å². The zero-order valence-corrected chi connectivity index (χ0v) is 10.2. The van der Waals surface area contributed by atoms with Crippen molar-refractivity contribution in [1.29, 1.82) is 0 Å². The second kappa shape index (κ2) is 8.18. The van der Waals surface area contributed by atoms with Gasteiger partial charge in [-0.05, 0) is 26.6 Å². The highest BCUT2D eigenvalue weighted by Gasteiger charge is 1.90. The van der Waals surface area contributed by atoms with Gasteiger partial charge in [0.05, 0.1) is 0 Å². The second-order valence-electron chi connectivity index (χ2n) is 3.78. The summed E-state index contributed by atoms with van der Waals surface area (Å²) in [5.74, 6) is 0.255. The van der Waals surface area contributed by atoms with Crippen molar-refractivity contribution in [3.63, 3.8) is 0 Å². The largest absolute Gasteiger partial charge is 0.305 e. The minimum absolute atomic E-state index is 0.255. The van der Waals surface area contributed by atoms with Gasteiger partial charge in [-0.3, -0.25) is 0 Å². The molecule has 0 heterocycles. The number of rotatable bonds is 3. The zero-order valence-electron chi connectivity index (χ0n) is 10.2. The van der Waals surface area contributed by atoms with Crippen molar-refractivity contribution in [2.45, 2.75) is 26.8 Å². The summed E-state index contributed by atoms with van der Waals surface area (Å²) in [5.41, 5.74) is 1.37. The molecule has 0 N–H and O–H groups in total. The Labute approximate surface area is 92.9 Å². The quantitative estimate of drug-likeness (QED) is 0.759. The highest BCUT2D eigenvalue weighted by atomic mass is 16.1. The molecule has 0 amide bonds. The molecule has 1 aromatic rings. The van der Waals surface area contributed by atoms with Crippen LogP contribution >= 0.6 is 0 Å². The van der Waals surface area contributed by atoms with Crippen LogP contribution < -0.4 is 0 Å². The highest BCUT2D eigenvalue weighted by molar-refractivity contribution is 5.74. The van der Waals surface area contributed by atoms with Gasteiger partial charge >= 0.3 is 0 Å². The fourth-order valence-electron chi connectivity index (χ4n) is 0.949. The number of carbonyl (C=O) groups excluding carboxylic acids is 1. The number of hydrogen-bond donors (Lipinski definition) is 0. The first-order chi connectivity index (χ1) is 7.06. The summed E-state index contributed by atoms with van der Waals surface area (Å²) >= 11 is 0. The Bertz CT molecular complexity index is 267. The Morgan fingerprint density at radius 3 is 2.00 bits per heavy atom. The van der Waals surface area contributed by atoms with Crippen molar-refractivity contribution in [2.75, 3.05) is 14.1 Å². The smallest absolute Gasteiger partial charge is 0.129 e. The Balaban J connectivity index is 0.000000336. The molecule has 15 heavy (non-hydrogen) atoms. The Kier molecular flexibility index (Phi) is 7.56. The minimum atomic E-state index is 0.255. The molecular weight excluding hydrogens is 186 g/mol. The number of hydrogen-bond acceptors (Lipinski definition) is 2. The van der Waals surface area contributed by atoms with E-state index >= 15 is 0 Å². The molecule has 0 aliphatic heterocycles. The van der Waals surface area contributed by atoms with E-state index in [2.05, 4.69) is 43.3 Å². The van der Waals surface area contributed by atoms with Crippen LogP contribution in [0.2, 0.25) is 0 Å². The first-order valence-electron chi connectivity index (χ1n) is 5.24. The SMILES string of the molecule is CCC(C)=O.CN(C)Cc1ccccc1. The lowest BCUT2D eigenvalue weighted by Crippen LogP contribution is -2.10. The third-order valence-electron chi connectivity index (χ3n) is 1.84. The van der Waals surface area contributed by atoms with Crippen LogP contribution in [0.3, 0.4) is 0 Å². The van der Waals surface area contributed by atoms with Gasteiger partial charge in [-0.1, -0.05) is 37.3 Å². The molecule has 0 saturated heterocycles. The lowest BCUT2D eigenvalue weighted by atomic mass is 10.2. The summed E-state index contributed by atoms with van der Waals surface area (Å²) in [4.78, 5) is 12.0. The van der Waals surface area contributed by atoms with E-state index in [0.717, 1.165) is 6.54 Å². The van der Waals surface area contributed by atoms with Gasteiger partial charge in [0.2, 0.25) is 0 Å². The summed E-state index contributed by atoms with van der Waals surface area (Å²) in [6, 6.07) is 10.5. The van der Waals surface area contributed by atoms with E-state index in [0.29, 0.717) is 6.42 Å². The molecule has 0 atom stereocenters. The van der Waals surface area contributed by atoms with Crippen LogP contribution in [0.5, 0.6) is 0 Å². The zero-order chi connectivity index (χ0) is 11.7. The van der Waals surface area contributed by atoms with Gasteiger partial charge in [-0.2, -0.15) is 0 Å². The molecule has 84 valence electrons. The summed E-state index contributed by atoms with van der Waals surface area (Å²) < 4.78 is 0. The van der Waals surface area contributed by atoms with E-state index < -0.39 is 0 Å². The maximum absolute atomic E-state index is 9.81. The summed E-state index contributed by atoms with van der Waals surface area (Å²) in [5, 5.41) is 0. The van der Waals surface area contributed by atoms with Crippen LogP contribution in [0.15, 0.2) is 30.3 Å². The maximum atomic E-state index is 9.81. The molecule has 0 spiro atoms. The highest BCUT2D eigenvalue weighted by Crippen LogP contribution is 1.99. The number of carbonyl (C=O) groups is 1. The summed E-state index contributed by atoms with van der Waals surface area (Å²) in [6.45, 7) is 4.46. The van der Waals surface area contributed by atoms with E-state index in [1.807, 2.05) is 13.0 Å². The first kappa shape index (κ1) is 13.8. The number of nitrogens with zero attached hydrogens (tertiary/aromatic N) is 1. The van der Waals surface area contributed by atoms with E-state index in [-0.39, 0.29) is 5.78 Å². The topological polar surface area (TPSA) is 20.3 Å². The third kappa shape index (κ3) is 9.16. The average molecular weight is 207 g/mol. The Morgan fingerprint density at radius 1 is 1.20 bits per heavy atom. The second-order valence-corrected chi connectivity index (χ2v) is 3.78. The number of benzene rings is 1. The first-order valence-corrected chi connectivity index (χ1v) is 5.24. The van der Waals surface area contributed by atoms with E-state index in [4.69, 9.17) is 0 Å². The molecule has 2 heteroatoms. The molecule has 0 saturated carbocycles. The lowest BCUT2D eigenvalue weighted by Gasteiger charge is -2.08. The van der Waals surface area contributed by atoms with Crippen LogP contribution in [0.4, 0.5) is 0 Å². The Hall–Kier alpha value is -1.15. The van der Waals surface area contributed by atoms with Gasteiger partial charge in [0.1, 0.15) is 5.78 Å². The van der Waals surface area contributed by atoms with Crippen molar-refractivity contribution in [1.82, 2.24) is 4.90 Å². The molecule has 0 unspecified atom stereocenters. The standard InChI is InChI=1S/C9H13N.C4H8O/c1-10(2)8-9-6-4-3-5-7-9;1-3-4(2)5/h3-7H,8H2,1-2H3;3H2,1-2H3. The Morgan fingerprint density at radius 2 is 1.67 bits per heavy atom. The molecule has 0 aliphatic rings. The molecule has 0 fully saturated rings. The van der Waals surface area contributed by atoms with Gasteiger partial charge in [-0.25, -0.2) is 0 Å². The van der Waals surface area contributed by atoms with Crippen molar-refractivity contribution in [3.8, 4) is 0 Å². The molecule has 0 aliphatic carbocycles. The van der Waals surface area contributed by atoms with Crippen LogP contribution in [-0.4, -0.2) is 24.8 Å². The van der Waals surface area contributed by atoms with Gasteiger partial charge in [0, 0.05) is 13.0 Å². The molecule has 1 rings (SSSR count). The summed E-state index contributed by atoms with van der Waals surface area (Å²) in [6.07, 6.45) is 0.667. The van der Waals surface area contributed by atoms with Crippen LogP contribution in [0, 0.1) is 0 Å². The van der Waals surface area contributed by atoms with Crippen LogP contribution in [0.25, 0.3) is 0 Å². The van der Waals surface area contributed by atoms with Crippen molar-refractivity contribution in [3.05, 3.63) is 35.9 Å². The predicted molar refractivity (Wildman–Crippen MR) is 64.8 cm³/mol. The minimum Gasteiger partial charge on any atom is -0.305 e. The molecule has 2 nitrogen and oxygen atoms in total.